The number of anilines is 1. The molecule has 1 aromatic heterocycles. The van der Waals surface area contributed by atoms with Gasteiger partial charge in [0.2, 0.25) is 0 Å². The van der Waals surface area contributed by atoms with Crippen LogP contribution in [-0.4, -0.2) is 49.8 Å². The number of nitro groups is 1. The quantitative estimate of drug-likeness (QED) is 0.417. The molecule has 0 fully saturated rings. The lowest BCUT2D eigenvalue weighted by Crippen LogP contribution is -2.26. The largest absolute Gasteiger partial charge is 0.373 e. The zero-order valence-corrected chi connectivity index (χ0v) is 12.4. The van der Waals surface area contributed by atoms with Crippen LogP contribution in [0.3, 0.4) is 0 Å². The highest BCUT2D eigenvalue weighted by Crippen LogP contribution is 2.19. The Hall–Kier alpha value is -2.23. The molecule has 116 valence electrons. The number of carbonyl (C=O) groups is 1. The molecule has 1 rings (SSSR count). The van der Waals surface area contributed by atoms with E-state index < -0.39 is 26.4 Å². The fourth-order valence-electron chi connectivity index (χ4n) is 1.54. The molecule has 0 radical (unpaired) electrons. The van der Waals surface area contributed by atoms with E-state index >= 15 is 0 Å². The third-order valence-corrected chi connectivity index (χ3v) is 3.59. The zero-order chi connectivity index (χ0) is 16.0. The van der Waals surface area contributed by atoms with Gasteiger partial charge in [0.15, 0.2) is 0 Å². The maximum absolute atomic E-state index is 11.9. The number of nitrogens with zero attached hydrogens (tertiary/aromatic N) is 2. The number of nitrogens with one attached hydrogen (secondary N) is 2. The van der Waals surface area contributed by atoms with Crippen molar-refractivity contribution >= 4 is 27.2 Å². The third kappa shape index (κ3) is 5.34. The van der Waals surface area contributed by atoms with Crippen molar-refractivity contribution in [2.24, 2.45) is 0 Å². The minimum atomic E-state index is -3.10. The molecule has 1 aromatic rings. The van der Waals surface area contributed by atoms with Gasteiger partial charge in [0.25, 0.3) is 11.6 Å². The Labute approximate surface area is 121 Å². The van der Waals surface area contributed by atoms with Crippen LogP contribution >= 0.6 is 0 Å². The summed E-state index contributed by atoms with van der Waals surface area (Å²) in [7, 11) is -1.53. The number of hydrogen-bond acceptors (Lipinski definition) is 7. The lowest BCUT2D eigenvalue weighted by Gasteiger charge is -2.07. The lowest BCUT2D eigenvalue weighted by molar-refractivity contribution is -0.385. The first-order valence-electron chi connectivity index (χ1n) is 6.02. The van der Waals surface area contributed by atoms with Gasteiger partial charge in [0.1, 0.15) is 27.4 Å². The molecule has 0 saturated heterocycles. The minimum Gasteiger partial charge on any atom is -0.373 e. The van der Waals surface area contributed by atoms with Gasteiger partial charge in [-0.1, -0.05) is 0 Å². The highest BCUT2D eigenvalue weighted by atomic mass is 32.2. The molecule has 10 heteroatoms. The number of aromatic nitrogens is 1. The molecule has 0 aliphatic heterocycles. The summed E-state index contributed by atoms with van der Waals surface area (Å²) in [5.74, 6) is -0.385. The van der Waals surface area contributed by atoms with E-state index in [1.807, 2.05) is 0 Å². The Morgan fingerprint density at radius 2 is 2.14 bits per heavy atom. The lowest BCUT2D eigenvalue weighted by atomic mass is 10.2. The molecule has 0 bridgehead atoms. The molecule has 1 amide bonds. The van der Waals surface area contributed by atoms with Crippen molar-refractivity contribution in [2.45, 2.75) is 6.42 Å². The zero-order valence-electron chi connectivity index (χ0n) is 11.6. The van der Waals surface area contributed by atoms with E-state index in [-0.39, 0.29) is 24.3 Å². The number of carbonyl (C=O) groups excluding carboxylic acids is 1. The molecule has 0 aliphatic rings. The predicted molar refractivity (Wildman–Crippen MR) is 77.1 cm³/mol. The molecule has 21 heavy (non-hydrogen) atoms. The summed E-state index contributed by atoms with van der Waals surface area (Å²) in [5, 5.41) is 16.0. The molecule has 2 N–H and O–H groups in total. The summed E-state index contributed by atoms with van der Waals surface area (Å²) in [6.45, 7) is 0.111. The Kier molecular flexibility index (Phi) is 5.59. The number of sulfone groups is 1. The number of rotatable bonds is 7. The van der Waals surface area contributed by atoms with E-state index in [4.69, 9.17) is 0 Å². The summed E-state index contributed by atoms with van der Waals surface area (Å²) in [4.78, 5) is 25.9. The van der Waals surface area contributed by atoms with Crippen molar-refractivity contribution in [1.29, 1.82) is 0 Å². The van der Waals surface area contributed by atoms with Crippen molar-refractivity contribution in [3.8, 4) is 0 Å². The van der Waals surface area contributed by atoms with Crippen molar-refractivity contribution in [1.82, 2.24) is 10.3 Å². The SMILES string of the molecule is CNc1cc(C(=O)NCCCS(C)(=O)=O)c([N+](=O)[O-])cn1. The van der Waals surface area contributed by atoms with Crippen molar-refractivity contribution in [3.63, 3.8) is 0 Å². The van der Waals surface area contributed by atoms with Crippen molar-refractivity contribution in [2.75, 3.05) is 30.9 Å². The minimum absolute atomic E-state index is 0.0620. The molecule has 0 aromatic carbocycles. The maximum Gasteiger partial charge on any atom is 0.300 e. The predicted octanol–water partition coefficient (Wildman–Crippen LogP) is 0.196. The second-order valence-electron chi connectivity index (χ2n) is 4.33. The number of amides is 1. The van der Waals surface area contributed by atoms with E-state index in [2.05, 4.69) is 15.6 Å². The van der Waals surface area contributed by atoms with Crippen LogP contribution in [0.15, 0.2) is 12.3 Å². The average Bonchev–Trinajstić information content (AvgIpc) is 2.41. The Morgan fingerprint density at radius 3 is 2.67 bits per heavy atom. The Balaban J connectivity index is 2.79. The molecule has 9 nitrogen and oxygen atoms in total. The molecule has 0 aliphatic carbocycles. The summed E-state index contributed by atoms with van der Waals surface area (Å²) in [6.07, 6.45) is 2.33. The summed E-state index contributed by atoms with van der Waals surface area (Å²) in [5.41, 5.74) is -0.534. The summed E-state index contributed by atoms with van der Waals surface area (Å²) in [6, 6.07) is 1.27. The Bertz CT molecular complexity index is 644. The van der Waals surface area contributed by atoms with Crippen LogP contribution in [0.2, 0.25) is 0 Å². The molecule has 0 atom stereocenters. The van der Waals surface area contributed by atoms with Crippen LogP contribution in [0.4, 0.5) is 11.5 Å². The molecule has 0 unspecified atom stereocenters. The van der Waals surface area contributed by atoms with E-state index in [9.17, 15) is 23.3 Å². The van der Waals surface area contributed by atoms with Gasteiger partial charge in [-0.2, -0.15) is 0 Å². The number of pyridine rings is 1. The van der Waals surface area contributed by atoms with E-state index in [1.165, 1.54) is 6.07 Å². The standard InChI is InChI=1S/C11H16N4O5S/c1-12-10-6-8(9(7-14-10)15(17)18)11(16)13-4-3-5-21(2,19)20/h6-7H,3-5H2,1-2H3,(H,12,14)(H,13,16). The molecule has 0 spiro atoms. The van der Waals surface area contributed by atoms with Crippen LogP contribution in [-0.2, 0) is 9.84 Å². The van der Waals surface area contributed by atoms with Crippen LogP contribution in [0.5, 0.6) is 0 Å². The fraction of sp³-hybridized carbons (Fsp3) is 0.455. The first kappa shape index (κ1) is 16.8. The van der Waals surface area contributed by atoms with Crippen LogP contribution < -0.4 is 10.6 Å². The first-order valence-corrected chi connectivity index (χ1v) is 8.09. The van der Waals surface area contributed by atoms with Crippen LogP contribution in [0, 0.1) is 10.1 Å². The molecule has 0 saturated carbocycles. The maximum atomic E-state index is 11.9. The highest BCUT2D eigenvalue weighted by Gasteiger charge is 2.21. The topological polar surface area (TPSA) is 131 Å². The normalized spacial score (nSPS) is 11.0. The van der Waals surface area contributed by atoms with Gasteiger partial charge in [-0.15, -0.1) is 0 Å². The van der Waals surface area contributed by atoms with Gasteiger partial charge in [0.05, 0.1) is 10.7 Å². The van der Waals surface area contributed by atoms with Gasteiger partial charge in [-0.3, -0.25) is 14.9 Å². The first-order chi connectivity index (χ1) is 9.74. The molecule has 1 heterocycles. The fourth-order valence-corrected chi connectivity index (χ4v) is 2.21. The van der Waals surface area contributed by atoms with Gasteiger partial charge >= 0.3 is 0 Å². The summed E-state index contributed by atoms with van der Waals surface area (Å²) < 4.78 is 21.9. The monoisotopic (exact) mass is 316 g/mol. The highest BCUT2D eigenvalue weighted by molar-refractivity contribution is 7.90. The average molecular weight is 316 g/mol. The van der Waals surface area contributed by atoms with Gasteiger partial charge in [-0.25, -0.2) is 13.4 Å². The Morgan fingerprint density at radius 1 is 1.48 bits per heavy atom. The van der Waals surface area contributed by atoms with Crippen molar-refractivity contribution in [3.05, 3.63) is 27.9 Å². The molecular formula is C11H16N4O5S. The molecular weight excluding hydrogens is 300 g/mol. The van der Waals surface area contributed by atoms with Crippen LogP contribution in [0.1, 0.15) is 16.8 Å². The van der Waals surface area contributed by atoms with Gasteiger partial charge < -0.3 is 10.6 Å². The second kappa shape index (κ2) is 6.97. The smallest absolute Gasteiger partial charge is 0.300 e. The van der Waals surface area contributed by atoms with E-state index in [1.54, 1.807) is 7.05 Å². The number of hydrogen-bond donors (Lipinski definition) is 2. The second-order valence-corrected chi connectivity index (χ2v) is 6.59. The van der Waals surface area contributed by atoms with Crippen LogP contribution in [0.25, 0.3) is 0 Å². The van der Waals surface area contributed by atoms with Gasteiger partial charge in [0, 0.05) is 25.9 Å². The summed E-state index contributed by atoms with van der Waals surface area (Å²) >= 11 is 0. The van der Waals surface area contributed by atoms with Gasteiger partial charge in [-0.05, 0) is 6.42 Å². The van der Waals surface area contributed by atoms with E-state index in [0.29, 0.717) is 5.82 Å². The third-order valence-electron chi connectivity index (χ3n) is 2.56. The van der Waals surface area contributed by atoms with Crippen molar-refractivity contribution < 1.29 is 18.1 Å². The van der Waals surface area contributed by atoms with E-state index in [0.717, 1.165) is 12.5 Å².